The maximum absolute atomic E-state index is 3.88. The molecule has 0 saturated carbocycles. The molecule has 0 aliphatic heterocycles. The normalized spacial score (nSPS) is 9.25. The first-order valence-corrected chi connectivity index (χ1v) is 2.85. The fourth-order valence-corrected chi connectivity index (χ4v) is 0.571. The summed E-state index contributed by atoms with van der Waals surface area (Å²) in [6.07, 6.45) is 1.62. The number of rotatable bonds is 1. The molecule has 0 aliphatic carbocycles. The minimum Gasteiger partial charge on any atom is -0.304 e. The van der Waals surface area contributed by atoms with Gasteiger partial charge in [-0.05, 0) is 0 Å². The molecule has 0 atom stereocenters. The van der Waals surface area contributed by atoms with Gasteiger partial charge >= 0.3 is 0 Å². The Labute approximate surface area is 55.2 Å². The lowest BCUT2D eigenvalue weighted by molar-refractivity contribution is 0.656. The molecule has 0 spiro atoms. The van der Waals surface area contributed by atoms with Crippen molar-refractivity contribution in [1.82, 2.24) is 15.0 Å². The highest BCUT2D eigenvalue weighted by atomic mass is 79.9. The zero-order chi connectivity index (χ0) is 5.98. The zero-order valence-corrected chi connectivity index (χ0v) is 5.88. The number of halogens is 1. The monoisotopic (exact) mass is 176 g/mol. The first-order chi connectivity index (χ1) is 3.83. The molecule has 8 heavy (non-hydrogen) atoms. The highest BCUT2D eigenvalue weighted by Crippen LogP contribution is 1.98. The molecule has 0 aromatic carbocycles. The molecule has 0 amide bonds. The average molecular weight is 177 g/mol. The van der Waals surface area contributed by atoms with Crippen molar-refractivity contribution in [3.63, 3.8) is 0 Å². The summed E-state index contributed by atoms with van der Waals surface area (Å²) in [5, 5.41) is 7.68. The Bertz CT molecular complexity index is 172. The minimum absolute atomic E-state index is 0.715. The summed E-state index contributed by atoms with van der Waals surface area (Å²) in [6.45, 7) is 0. The van der Waals surface area contributed by atoms with Gasteiger partial charge in [-0.3, -0.25) is 0 Å². The first kappa shape index (κ1) is 5.55. The quantitative estimate of drug-likeness (QED) is 0.636. The van der Waals surface area contributed by atoms with E-state index in [1.54, 1.807) is 13.2 Å². The van der Waals surface area contributed by atoms with Gasteiger partial charge in [0.1, 0.15) is 0 Å². The number of anilines is 1. The molecule has 4 nitrogen and oxygen atoms in total. The molecule has 0 bridgehead atoms. The van der Waals surface area contributed by atoms with Crippen molar-refractivity contribution in [2.24, 2.45) is 7.05 Å². The molecule has 0 radical (unpaired) electrons. The van der Waals surface area contributed by atoms with E-state index in [-0.39, 0.29) is 0 Å². The van der Waals surface area contributed by atoms with Gasteiger partial charge in [0.25, 0.3) is 0 Å². The number of nitrogens with one attached hydrogen (secondary N) is 1. The van der Waals surface area contributed by atoms with Gasteiger partial charge in [-0.15, -0.1) is 5.10 Å². The molecular weight excluding hydrogens is 172 g/mol. The van der Waals surface area contributed by atoms with Crippen LogP contribution in [0.1, 0.15) is 0 Å². The molecule has 0 fully saturated rings. The van der Waals surface area contributed by atoms with Crippen LogP contribution in [0.5, 0.6) is 0 Å². The van der Waals surface area contributed by atoms with Crippen molar-refractivity contribution in [3.8, 4) is 0 Å². The molecular formula is C3H5BrN4. The molecule has 1 aromatic rings. The van der Waals surface area contributed by atoms with Crippen LogP contribution in [0.3, 0.4) is 0 Å². The van der Waals surface area contributed by atoms with Crippen molar-refractivity contribution in [1.29, 1.82) is 0 Å². The summed E-state index contributed by atoms with van der Waals surface area (Å²) in [5.41, 5.74) is 0. The van der Waals surface area contributed by atoms with E-state index in [2.05, 4.69) is 30.7 Å². The Morgan fingerprint density at radius 1 is 1.88 bits per heavy atom. The third-order valence-corrected chi connectivity index (χ3v) is 1.10. The topological polar surface area (TPSA) is 42.7 Å². The Morgan fingerprint density at radius 2 is 2.62 bits per heavy atom. The lowest BCUT2D eigenvalue weighted by Gasteiger charge is -1.82. The Balaban J connectivity index is 2.84. The van der Waals surface area contributed by atoms with E-state index in [9.17, 15) is 0 Å². The van der Waals surface area contributed by atoms with Crippen LogP contribution in [0.2, 0.25) is 0 Å². The number of hydrogen-bond donors (Lipinski definition) is 1. The fourth-order valence-electron chi connectivity index (χ4n) is 0.389. The van der Waals surface area contributed by atoms with Crippen molar-refractivity contribution in [2.75, 3.05) is 4.34 Å². The van der Waals surface area contributed by atoms with Gasteiger partial charge in [0, 0.05) is 23.2 Å². The van der Waals surface area contributed by atoms with Crippen LogP contribution in [0, 0.1) is 0 Å². The lowest BCUT2D eigenvalue weighted by Crippen LogP contribution is -1.91. The number of aryl methyl sites for hydroxylation is 1. The highest BCUT2D eigenvalue weighted by Gasteiger charge is 1.89. The molecule has 0 saturated heterocycles. The second kappa shape index (κ2) is 2.13. The molecule has 44 valence electrons. The Kier molecular flexibility index (Phi) is 1.48. The summed E-state index contributed by atoms with van der Waals surface area (Å²) in [7, 11) is 1.76. The van der Waals surface area contributed by atoms with Crippen LogP contribution in [-0.2, 0) is 7.05 Å². The molecule has 1 aromatic heterocycles. The lowest BCUT2D eigenvalue weighted by atomic mass is 10.8. The van der Waals surface area contributed by atoms with E-state index < -0.39 is 0 Å². The summed E-state index contributed by atoms with van der Waals surface area (Å²) in [5.74, 6) is 0.715. The van der Waals surface area contributed by atoms with E-state index >= 15 is 0 Å². The predicted octanol–water partition coefficient (Wildman–Crippen LogP) is 0.537. The number of nitrogens with zero attached hydrogens (tertiary/aromatic N) is 3. The van der Waals surface area contributed by atoms with E-state index in [0.29, 0.717) is 5.82 Å². The van der Waals surface area contributed by atoms with Crippen molar-refractivity contribution in [3.05, 3.63) is 6.20 Å². The van der Waals surface area contributed by atoms with Crippen LogP contribution in [0.4, 0.5) is 5.82 Å². The van der Waals surface area contributed by atoms with Gasteiger partial charge in [-0.2, -0.15) is 9.90 Å². The Hall–Kier alpha value is -0.580. The highest BCUT2D eigenvalue weighted by molar-refractivity contribution is 9.10. The molecule has 1 rings (SSSR count). The third-order valence-electron chi connectivity index (χ3n) is 0.696. The fraction of sp³-hybridized carbons (Fsp3) is 0.333. The smallest absolute Gasteiger partial charge is 0.178 e. The molecule has 1 N–H and O–H groups in total. The van der Waals surface area contributed by atoms with Gasteiger partial charge in [0.05, 0.1) is 6.20 Å². The Morgan fingerprint density at radius 3 is 2.88 bits per heavy atom. The number of aromatic nitrogens is 3. The molecule has 0 unspecified atom stereocenters. The van der Waals surface area contributed by atoms with Crippen molar-refractivity contribution >= 4 is 22.0 Å². The molecule has 5 heteroatoms. The third kappa shape index (κ3) is 0.975. The van der Waals surface area contributed by atoms with Gasteiger partial charge in [0.15, 0.2) is 5.82 Å². The van der Waals surface area contributed by atoms with Gasteiger partial charge in [-0.1, -0.05) is 0 Å². The van der Waals surface area contributed by atoms with E-state index in [1.807, 2.05) is 0 Å². The van der Waals surface area contributed by atoms with E-state index in [0.717, 1.165) is 0 Å². The maximum atomic E-state index is 3.88. The van der Waals surface area contributed by atoms with Crippen molar-refractivity contribution in [2.45, 2.75) is 0 Å². The second-order valence-electron chi connectivity index (χ2n) is 1.31. The maximum Gasteiger partial charge on any atom is 0.178 e. The summed E-state index contributed by atoms with van der Waals surface area (Å²) < 4.78 is 2.67. The van der Waals surface area contributed by atoms with Gasteiger partial charge < -0.3 is 4.34 Å². The van der Waals surface area contributed by atoms with Gasteiger partial charge in [-0.25, -0.2) is 0 Å². The van der Waals surface area contributed by atoms with Crippen LogP contribution in [0.25, 0.3) is 0 Å². The van der Waals surface area contributed by atoms with Crippen LogP contribution >= 0.6 is 16.1 Å². The zero-order valence-electron chi connectivity index (χ0n) is 4.30. The molecule has 1 heterocycles. The summed E-state index contributed by atoms with van der Waals surface area (Å²) >= 11 is 3.00. The predicted molar refractivity (Wildman–Crippen MR) is 33.6 cm³/mol. The minimum atomic E-state index is 0.715. The van der Waals surface area contributed by atoms with E-state index in [1.165, 1.54) is 4.80 Å². The van der Waals surface area contributed by atoms with Crippen LogP contribution < -0.4 is 4.34 Å². The number of hydrogen-bond acceptors (Lipinski definition) is 3. The van der Waals surface area contributed by atoms with Crippen molar-refractivity contribution < 1.29 is 0 Å². The standard InChI is InChI=1S/C3H5BrN4/c1-8-5-2-3(6-4)7-8/h2H,1H3,(H,6,7). The summed E-state index contributed by atoms with van der Waals surface area (Å²) in [4.78, 5) is 1.48. The SMILES string of the molecule is Cn1ncc(NBr)n1. The van der Waals surface area contributed by atoms with Crippen LogP contribution in [-0.4, -0.2) is 15.0 Å². The van der Waals surface area contributed by atoms with E-state index in [4.69, 9.17) is 0 Å². The second-order valence-corrected chi connectivity index (χ2v) is 1.71. The largest absolute Gasteiger partial charge is 0.304 e. The average Bonchev–Trinajstić information content (AvgIpc) is 2.14. The first-order valence-electron chi connectivity index (χ1n) is 2.06. The van der Waals surface area contributed by atoms with Crippen LogP contribution in [0.15, 0.2) is 6.20 Å². The molecule has 0 aliphatic rings. The van der Waals surface area contributed by atoms with Gasteiger partial charge in [0.2, 0.25) is 0 Å². The summed E-state index contributed by atoms with van der Waals surface area (Å²) in [6, 6.07) is 0.